The van der Waals surface area contributed by atoms with Crippen LogP contribution in [0, 0.1) is 0 Å². The Hall–Kier alpha value is -0.280. The van der Waals surface area contributed by atoms with Gasteiger partial charge in [-0.3, -0.25) is 0 Å². The van der Waals surface area contributed by atoms with Gasteiger partial charge in [0.25, 0.3) is 0 Å². The first kappa shape index (κ1) is 31.9. The zero-order valence-electron chi connectivity index (χ0n) is 18.6. The summed E-state index contributed by atoms with van der Waals surface area (Å²) in [5.74, 6) is 0. The van der Waals surface area contributed by atoms with E-state index < -0.39 is 0 Å². The van der Waals surface area contributed by atoms with E-state index in [9.17, 15) is 0 Å². The quantitative estimate of drug-likeness (QED) is 0.239. The standard InChI is InChI=1S/2C11H11.C4H11Si.2BrH.Zr/c2*1-2-9-7-10-5-3-4-6-11(10)8-9;1-3-5-4-2;;;/h2*3-8H,2H2,1H3;5H,3-4H2,1-2H3;2*1H;/q2*-1;;;;+4/p-2. The predicted octanol–water partition coefficient (Wildman–Crippen LogP) is 1.55. The Kier molecular flexibility index (Phi) is 19.5. The fourth-order valence-corrected chi connectivity index (χ4v) is 3.70. The summed E-state index contributed by atoms with van der Waals surface area (Å²) in [6.45, 7) is 8.88. The predicted molar refractivity (Wildman–Crippen MR) is 126 cm³/mol. The van der Waals surface area contributed by atoms with E-state index in [4.69, 9.17) is 0 Å². The van der Waals surface area contributed by atoms with Crippen molar-refractivity contribution in [1.29, 1.82) is 0 Å². The molecule has 0 amide bonds. The summed E-state index contributed by atoms with van der Waals surface area (Å²) >= 11 is 0. The summed E-state index contributed by atoms with van der Waals surface area (Å²) in [7, 11) is 0.815. The molecule has 4 aromatic carbocycles. The topological polar surface area (TPSA) is 0 Å². The van der Waals surface area contributed by atoms with Gasteiger partial charge in [-0.25, -0.2) is 0 Å². The summed E-state index contributed by atoms with van der Waals surface area (Å²) in [5, 5.41) is 5.46. The van der Waals surface area contributed by atoms with Gasteiger partial charge in [0.05, 0.1) is 0 Å². The minimum absolute atomic E-state index is 0. The Labute approximate surface area is 226 Å². The summed E-state index contributed by atoms with van der Waals surface area (Å²) in [6.07, 6.45) is 2.27. The minimum atomic E-state index is 0. The molecule has 1 radical (unpaired) electrons. The van der Waals surface area contributed by atoms with E-state index in [2.05, 4.69) is 100 Å². The van der Waals surface area contributed by atoms with Crippen molar-refractivity contribution in [1.82, 2.24) is 0 Å². The van der Waals surface area contributed by atoms with E-state index in [0.29, 0.717) is 0 Å². The van der Waals surface area contributed by atoms with Crippen LogP contribution in [0.2, 0.25) is 12.1 Å². The third-order valence-corrected chi connectivity index (χ3v) is 5.90. The zero-order valence-corrected chi connectivity index (χ0v) is 25.4. The van der Waals surface area contributed by atoms with Gasteiger partial charge in [-0.2, -0.15) is 12.1 Å². The van der Waals surface area contributed by atoms with Gasteiger partial charge in [0, 0.05) is 9.52 Å². The summed E-state index contributed by atoms with van der Waals surface area (Å²) in [4.78, 5) is 0. The Bertz CT molecular complexity index is 785. The van der Waals surface area contributed by atoms with Crippen LogP contribution in [0.4, 0.5) is 0 Å². The first-order valence-corrected chi connectivity index (χ1v) is 11.9. The molecular weight excluding hydrogens is 591 g/mol. The second-order valence-electron chi connectivity index (χ2n) is 6.80. The number of halogens is 2. The summed E-state index contributed by atoms with van der Waals surface area (Å²) in [6, 6.07) is 28.9. The maximum absolute atomic E-state index is 2.26. The molecule has 0 bridgehead atoms. The molecule has 0 aliphatic heterocycles. The molecule has 0 N–H and O–H groups in total. The van der Waals surface area contributed by atoms with Crippen molar-refractivity contribution in [2.75, 3.05) is 0 Å². The number of benzene rings is 2. The van der Waals surface area contributed by atoms with Gasteiger partial charge in [-0.1, -0.05) is 51.9 Å². The molecule has 0 heterocycles. The second kappa shape index (κ2) is 18.3. The van der Waals surface area contributed by atoms with Gasteiger partial charge >= 0.3 is 26.2 Å². The summed E-state index contributed by atoms with van der Waals surface area (Å²) in [5.41, 5.74) is 2.87. The molecule has 0 aromatic heterocycles. The van der Waals surface area contributed by atoms with Crippen molar-refractivity contribution >= 4 is 31.1 Å². The first-order chi connectivity index (χ1) is 13.2. The molecule has 4 aromatic rings. The number of rotatable bonds is 4. The van der Waals surface area contributed by atoms with Crippen LogP contribution in [0.15, 0.2) is 72.8 Å². The second-order valence-corrected chi connectivity index (χ2v) is 9.01. The molecular formula is C26H33Br2SiZr. The van der Waals surface area contributed by atoms with Gasteiger partial charge in [0.1, 0.15) is 0 Å². The zero-order chi connectivity index (χ0) is 19.5. The van der Waals surface area contributed by atoms with Crippen LogP contribution in [-0.4, -0.2) is 9.52 Å². The van der Waals surface area contributed by atoms with Crippen LogP contribution in [0.5, 0.6) is 0 Å². The molecule has 0 nitrogen and oxygen atoms in total. The van der Waals surface area contributed by atoms with Gasteiger partial charge < -0.3 is 34.0 Å². The molecule has 0 aliphatic rings. The van der Waals surface area contributed by atoms with E-state index in [1.165, 1.54) is 44.8 Å². The largest absolute Gasteiger partial charge is 4.00 e. The Morgan fingerprint density at radius 2 is 1.00 bits per heavy atom. The average Bonchev–Trinajstić information content (AvgIpc) is 3.32. The van der Waals surface area contributed by atoms with Crippen LogP contribution in [-0.2, 0) is 39.0 Å². The fourth-order valence-electron chi connectivity index (χ4n) is 3.13. The van der Waals surface area contributed by atoms with E-state index in [1.807, 2.05) is 0 Å². The van der Waals surface area contributed by atoms with Crippen molar-refractivity contribution in [2.45, 2.75) is 52.6 Å². The molecule has 30 heavy (non-hydrogen) atoms. The molecule has 0 unspecified atom stereocenters. The molecule has 0 saturated carbocycles. The Morgan fingerprint density at radius 3 is 1.27 bits per heavy atom. The first-order valence-electron chi connectivity index (χ1n) is 10.3. The van der Waals surface area contributed by atoms with Gasteiger partial charge in [0.2, 0.25) is 0 Å². The molecule has 159 valence electrons. The number of fused-ring (bicyclic) bond motifs is 2. The van der Waals surface area contributed by atoms with Crippen molar-refractivity contribution in [3.8, 4) is 0 Å². The van der Waals surface area contributed by atoms with Crippen LogP contribution >= 0.6 is 0 Å². The maximum atomic E-state index is 2.26. The van der Waals surface area contributed by atoms with E-state index in [-0.39, 0.29) is 60.2 Å². The third-order valence-electron chi connectivity index (χ3n) is 4.75. The van der Waals surface area contributed by atoms with Crippen molar-refractivity contribution < 1.29 is 60.2 Å². The normalized spacial score (nSPS) is 9.20. The van der Waals surface area contributed by atoms with Crippen LogP contribution in [0.3, 0.4) is 0 Å². The van der Waals surface area contributed by atoms with E-state index >= 15 is 0 Å². The van der Waals surface area contributed by atoms with Crippen molar-refractivity contribution in [3.05, 3.63) is 83.9 Å². The number of hydrogen-bond acceptors (Lipinski definition) is 0. The SMILES string of the molecule is CC[SiH]CC.CCc1cc2ccccc2[cH-]1.CCc1cc2ccccc2[cH-]1.[Br-].[Br-].[Zr+4]. The van der Waals surface area contributed by atoms with Gasteiger partial charge in [-0.05, 0) is 12.8 Å². The molecule has 4 heteroatoms. The minimum Gasteiger partial charge on any atom is -1.00 e. The van der Waals surface area contributed by atoms with Crippen LogP contribution in [0.25, 0.3) is 21.5 Å². The smallest absolute Gasteiger partial charge is 1.00 e. The third kappa shape index (κ3) is 10.4. The van der Waals surface area contributed by atoms with Crippen LogP contribution < -0.4 is 34.0 Å². The Balaban J connectivity index is 0. The average molecular weight is 625 g/mol. The fraction of sp³-hybridized carbons (Fsp3) is 0.308. The Morgan fingerprint density at radius 1 is 0.633 bits per heavy atom. The number of hydrogen-bond donors (Lipinski definition) is 0. The van der Waals surface area contributed by atoms with E-state index in [0.717, 1.165) is 22.4 Å². The molecule has 0 saturated heterocycles. The monoisotopic (exact) mass is 621 g/mol. The molecule has 0 fully saturated rings. The van der Waals surface area contributed by atoms with Crippen molar-refractivity contribution in [3.63, 3.8) is 0 Å². The molecule has 0 aliphatic carbocycles. The maximum Gasteiger partial charge on any atom is 4.00 e. The van der Waals surface area contributed by atoms with Gasteiger partial charge in [-0.15, -0.1) is 81.2 Å². The molecule has 0 spiro atoms. The van der Waals surface area contributed by atoms with Crippen molar-refractivity contribution in [2.24, 2.45) is 0 Å². The van der Waals surface area contributed by atoms with Gasteiger partial charge in [0.15, 0.2) is 0 Å². The van der Waals surface area contributed by atoms with E-state index in [1.54, 1.807) is 0 Å². The molecule has 0 atom stereocenters. The van der Waals surface area contributed by atoms with Crippen LogP contribution in [0.1, 0.15) is 38.8 Å². The number of aryl methyl sites for hydroxylation is 2. The summed E-state index contributed by atoms with van der Waals surface area (Å²) < 4.78 is 0. The molecule has 4 rings (SSSR count).